The number of carbonyl (C=O) groups is 1. The van der Waals surface area contributed by atoms with E-state index >= 15 is 0 Å². The first-order valence-corrected chi connectivity index (χ1v) is 9.62. The highest BCUT2D eigenvalue weighted by molar-refractivity contribution is 7.21. The molecule has 10 heteroatoms. The van der Waals surface area contributed by atoms with Gasteiger partial charge in [0.2, 0.25) is 5.89 Å². The molecule has 4 heterocycles. The molecule has 0 atom stereocenters. The van der Waals surface area contributed by atoms with Crippen molar-refractivity contribution >= 4 is 34.4 Å². The summed E-state index contributed by atoms with van der Waals surface area (Å²) in [6.07, 6.45) is 4.75. The Morgan fingerprint density at radius 1 is 1.30 bits per heavy atom. The number of nitrogens with one attached hydrogen (secondary N) is 1. The zero-order valence-corrected chi connectivity index (χ0v) is 15.8. The number of carbonyl (C=O) groups excluding carboxylic acids is 1. The Balaban J connectivity index is 1.48. The van der Waals surface area contributed by atoms with Crippen LogP contribution in [0.4, 0.5) is 5.82 Å². The summed E-state index contributed by atoms with van der Waals surface area (Å²) in [6.45, 7) is 2.01. The fourth-order valence-electron chi connectivity index (χ4n) is 2.41. The van der Waals surface area contributed by atoms with E-state index < -0.39 is 5.91 Å². The predicted molar refractivity (Wildman–Crippen MR) is 103 cm³/mol. The lowest BCUT2D eigenvalue weighted by molar-refractivity contribution is 0.0946. The number of aryl methyl sites for hydroxylation is 1. The van der Waals surface area contributed by atoms with Crippen molar-refractivity contribution < 1.29 is 9.21 Å². The average Bonchev–Trinajstić information content (AvgIpc) is 3.41. The molecule has 0 radical (unpaired) electrons. The van der Waals surface area contributed by atoms with Crippen molar-refractivity contribution in [2.24, 2.45) is 0 Å². The monoisotopic (exact) mass is 398 g/mol. The zero-order valence-electron chi connectivity index (χ0n) is 14.2. The number of nitrogen functional groups attached to an aromatic ring is 1. The normalized spacial score (nSPS) is 10.9. The molecule has 0 spiro atoms. The predicted octanol–water partition coefficient (Wildman–Crippen LogP) is 3.14. The molecule has 4 rings (SSSR count). The van der Waals surface area contributed by atoms with Gasteiger partial charge in [0, 0.05) is 11.1 Å². The van der Waals surface area contributed by atoms with Crippen molar-refractivity contribution in [2.45, 2.75) is 13.5 Å². The lowest BCUT2D eigenvalue weighted by Crippen LogP contribution is -2.25. The quantitative estimate of drug-likeness (QED) is 0.530. The number of thiophene rings is 1. The first kappa shape index (κ1) is 17.3. The van der Waals surface area contributed by atoms with E-state index in [1.54, 1.807) is 18.3 Å². The lowest BCUT2D eigenvalue weighted by atomic mass is 10.2. The van der Waals surface area contributed by atoms with Gasteiger partial charge >= 0.3 is 0 Å². The van der Waals surface area contributed by atoms with Gasteiger partial charge in [-0.2, -0.15) is 0 Å². The molecule has 27 heavy (non-hydrogen) atoms. The van der Waals surface area contributed by atoms with Crippen LogP contribution in [0.15, 0.2) is 40.6 Å². The minimum absolute atomic E-state index is 0.0183. The fourth-order valence-corrected chi connectivity index (χ4v) is 4.08. The van der Waals surface area contributed by atoms with E-state index in [4.69, 9.17) is 10.2 Å². The van der Waals surface area contributed by atoms with E-state index in [1.807, 2.05) is 23.7 Å². The third-order valence-electron chi connectivity index (χ3n) is 3.66. The van der Waals surface area contributed by atoms with Gasteiger partial charge in [0.1, 0.15) is 17.0 Å². The molecule has 0 bridgehead atoms. The molecule has 0 unspecified atom stereocenters. The number of nitrogens with zero attached hydrogens (tertiary/aromatic N) is 4. The fraction of sp³-hybridized carbons (Fsp3) is 0.118. The Kier molecular flexibility index (Phi) is 4.65. The van der Waals surface area contributed by atoms with Crippen LogP contribution in [0.25, 0.3) is 21.3 Å². The van der Waals surface area contributed by atoms with Gasteiger partial charge in [-0.15, -0.1) is 22.7 Å². The van der Waals surface area contributed by atoms with Gasteiger partial charge in [0.25, 0.3) is 5.91 Å². The van der Waals surface area contributed by atoms with E-state index in [0.29, 0.717) is 17.3 Å². The Labute approximate surface area is 162 Å². The maximum Gasteiger partial charge on any atom is 0.274 e. The van der Waals surface area contributed by atoms with Crippen molar-refractivity contribution in [2.75, 3.05) is 5.73 Å². The van der Waals surface area contributed by atoms with Crippen LogP contribution >= 0.6 is 22.7 Å². The van der Waals surface area contributed by atoms with Crippen LogP contribution in [0.5, 0.6) is 0 Å². The number of hydrogen-bond donors (Lipinski definition) is 2. The molecule has 8 nitrogen and oxygen atoms in total. The number of aromatic nitrogens is 4. The molecule has 1 amide bonds. The highest BCUT2D eigenvalue weighted by Crippen LogP contribution is 2.29. The van der Waals surface area contributed by atoms with E-state index in [9.17, 15) is 4.79 Å². The number of thiazole rings is 1. The molecular weight excluding hydrogens is 384 g/mol. The molecule has 3 N–H and O–H groups in total. The molecule has 0 aliphatic rings. The second-order valence-corrected chi connectivity index (χ2v) is 7.57. The molecule has 4 aromatic rings. The third-order valence-corrected chi connectivity index (χ3v) is 5.73. The summed E-state index contributed by atoms with van der Waals surface area (Å²) < 4.78 is 5.22. The first-order chi connectivity index (χ1) is 13.1. The lowest BCUT2D eigenvalue weighted by Gasteiger charge is -2.08. The van der Waals surface area contributed by atoms with Crippen LogP contribution in [-0.4, -0.2) is 25.8 Å². The van der Waals surface area contributed by atoms with Gasteiger partial charge in [-0.05, 0) is 18.4 Å². The Hall–Kier alpha value is -3.11. The van der Waals surface area contributed by atoms with Gasteiger partial charge in [-0.1, -0.05) is 6.07 Å². The molecule has 0 saturated carbocycles. The summed E-state index contributed by atoms with van der Waals surface area (Å²) in [6, 6.07) is 4.03. The summed E-state index contributed by atoms with van der Waals surface area (Å²) in [5.74, 6) is -0.0813. The summed E-state index contributed by atoms with van der Waals surface area (Å²) in [7, 11) is 0. The van der Waals surface area contributed by atoms with Crippen molar-refractivity contribution in [1.82, 2.24) is 25.3 Å². The van der Waals surface area contributed by atoms with Gasteiger partial charge in [-0.3, -0.25) is 4.79 Å². The van der Waals surface area contributed by atoms with Crippen LogP contribution < -0.4 is 11.1 Å². The van der Waals surface area contributed by atoms with Crippen LogP contribution in [-0.2, 0) is 6.54 Å². The maximum absolute atomic E-state index is 12.5. The van der Waals surface area contributed by atoms with Gasteiger partial charge in [-0.25, -0.2) is 19.9 Å². The summed E-state index contributed by atoms with van der Waals surface area (Å²) in [5.41, 5.74) is 6.90. The zero-order chi connectivity index (χ0) is 18.8. The second kappa shape index (κ2) is 7.25. The third kappa shape index (κ3) is 3.57. The molecule has 4 aromatic heterocycles. The number of oxazole rings is 1. The smallest absolute Gasteiger partial charge is 0.274 e. The Bertz CT molecular complexity index is 1070. The van der Waals surface area contributed by atoms with Crippen LogP contribution in [0.2, 0.25) is 0 Å². The standard InChI is InChI=1S/C17H14N6O2S2/c1-9-13(17-19-4-5-25-17)23-15(18)14(22-9)16(24)21-8-12-20-7-11(27-12)10-3-2-6-26-10/h2-7H,8H2,1H3,(H2,18,23)(H,21,24). The number of nitrogens with two attached hydrogens (primary N) is 1. The van der Waals surface area contributed by atoms with Gasteiger partial charge in [0.05, 0.1) is 23.3 Å². The van der Waals surface area contributed by atoms with Crippen molar-refractivity contribution in [3.63, 3.8) is 0 Å². The SMILES string of the molecule is Cc1nc(C(=O)NCc2ncc(-c3cccs3)s2)c(N)nc1-c1ncco1. The van der Waals surface area contributed by atoms with Gasteiger partial charge < -0.3 is 15.5 Å². The number of amides is 1. The summed E-state index contributed by atoms with van der Waals surface area (Å²) in [4.78, 5) is 31.6. The first-order valence-electron chi connectivity index (χ1n) is 7.92. The Morgan fingerprint density at radius 3 is 2.93 bits per heavy atom. The highest BCUT2D eigenvalue weighted by atomic mass is 32.1. The van der Waals surface area contributed by atoms with E-state index in [1.165, 1.54) is 23.8 Å². The topological polar surface area (TPSA) is 120 Å². The minimum atomic E-state index is -0.407. The van der Waals surface area contributed by atoms with Crippen molar-refractivity contribution in [1.29, 1.82) is 0 Å². The maximum atomic E-state index is 12.5. The molecule has 0 fully saturated rings. The van der Waals surface area contributed by atoms with Crippen LogP contribution in [0.3, 0.4) is 0 Å². The van der Waals surface area contributed by atoms with E-state index in [-0.39, 0.29) is 18.1 Å². The molecule has 0 aliphatic heterocycles. The van der Waals surface area contributed by atoms with Crippen molar-refractivity contribution in [3.05, 3.63) is 52.6 Å². The summed E-state index contributed by atoms with van der Waals surface area (Å²) in [5, 5.41) is 5.60. The number of rotatable bonds is 5. The van der Waals surface area contributed by atoms with E-state index in [0.717, 1.165) is 14.8 Å². The molecule has 0 aromatic carbocycles. The van der Waals surface area contributed by atoms with Crippen LogP contribution in [0.1, 0.15) is 21.2 Å². The number of hydrogen-bond acceptors (Lipinski definition) is 9. The van der Waals surface area contributed by atoms with E-state index in [2.05, 4.69) is 25.3 Å². The molecular formula is C17H14N6O2S2. The molecule has 136 valence electrons. The van der Waals surface area contributed by atoms with Gasteiger partial charge in [0.15, 0.2) is 11.5 Å². The van der Waals surface area contributed by atoms with Crippen molar-refractivity contribution in [3.8, 4) is 21.3 Å². The summed E-state index contributed by atoms with van der Waals surface area (Å²) >= 11 is 3.18. The number of anilines is 1. The van der Waals surface area contributed by atoms with Crippen LogP contribution in [0, 0.1) is 6.92 Å². The second-order valence-electron chi connectivity index (χ2n) is 5.51. The average molecular weight is 398 g/mol. The molecule has 0 aliphatic carbocycles. The largest absolute Gasteiger partial charge is 0.443 e. The highest BCUT2D eigenvalue weighted by Gasteiger charge is 2.19. The minimum Gasteiger partial charge on any atom is -0.443 e. The molecule has 0 saturated heterocycles. The Morgan fingerprint density at radius 2 is 2.19 bits per heavy atom.